The maximum absolute atomic E-state index is 11.4. The zero-order valence-electron chi connectivity index (χ0n) is 10.8. The number of carboxylic acid groups (broad SMARTS) is 1. The van der Waals surface area contributed by atoms with Gasteiger partial charge in [0.1, 0.15) is 11.0 Å². The number of hydrogen-bond acceptors (Lipinski definition) is 4. The molecule has 2 rings (SSSR count). The standard InChI is InChI=1S/C14H16N2O2S/c1-9-8-15-13(19-9)10(2)16-12(14(17)18)11-6-4-3-5-7-11/h3-8,10,12,16H,1-2H3,(H,17,18). The van der Waals surface area contributed by atoms with Gasteiger partial charge in [0.2, 0.25) is 0 Å². The lowest BCUT2D eigenvalue weighted by atomic mass is 10.1. The van der Waals surface area contributed by atoms with E-state index in [0.29, 0.717) is 0 Å². The largest absolute Gasteiger partial charge is 0.480 e. The molecule has 1 aromatic heterocycles. The van der Waals surface area contributed by atoms with E-state index in [0.717, 1.165) is 15.4 Å². The molecule has 0 saturated heterocycles. The van der Waals surface area contributed by atoms with Crippen molar-refractivity contribution in [2.75, 3.05) is 0 Å². The molecule has 2 aromatic rings. The second kappa shape index (κ2) is 5.95. The van der Waals surface area contributed by atoms with Gasteiger partial charge >= 0.3 is 5.97 Å². The summed E-state index contributed by atoms with van der Waals surface area (Å²) in [5.74, 6) is -0.883. The van der Waals surface area contributed by atoms with E-state index in [-0.39, 0.29) is 6.04 Å². The number of carboxylic acids is 1. The Morgan fingerprint density at radius 3 is 2.58 bits per heavy atom. The van der Waals surface area contributed by atoms with Crippen molar-refractivity contribution in [2.45, 2.75) is 25.9 Å². The van der Waals surface area contributed by atoms with Crippen LogP contribution in [0.3, 0.4) is 0 Å². The highest BCUT2D eigenvalue weighted by molar-refractivity contribution is 7.11. The first-order valence-electron chi connectivity index (χ1n) is 6.04. The molecule has 5 heteroatoms. The van der Waals surface area contributed by atoms with Gasteiger partial charge in [-0.15, -0.1) is 11.3 Å². The first-order valence-corrected chi connectivity index (χ1v) is 6.85. The quantitative estimate of drug-likeness (QED) is 0.881. The van der Waals surface area contributed by atoms with Crippen molar-refractivity contribution in [3.8, 4) is 0 Å². The fourth-order valence-corrected chi connectivity index (χ4v) is 2.63. The number of nitrogens with one attached hydrogen (secondary N) is 1. The summed E-state index contributed by atoms with van der Waals surface area (Å²) in [5.41, 5.74) is 0.745. The summed E-state index contributed by atoms with van der Waals surface area (Å²) in [6, 6.07) is 8.35. The fourth-order valence-electron chi connectivity index (χ4n) is 1.85. The van der Waals surface area contributed by atoms with Gasteiger partial charge in [0.15, 0.2) is 0 Å². The maximum Gasteiger partial charge on any atom is 0.325 e. The Morgan fingerprint density at radius 2 is 2.05 bits per heavy atom. The molecule has 2 N–H and O–H groups in total. The Hall–Kier alpha value is -1.72. The summed E-state index contributed by atoms with van der Waals surface area (Å²) in [7, 11) is 0. The Kier molecular flexibility index (Phi) is 4.29. The molecule has 0 spiro atoms. The van der Waals surface area contributed by atoms with Gasteiger partial charge in [0.05, 0.1) is 6.04 Å². The summed E-state index contributed by atoms with van der Waals surface area (Å²) < 4.78 is 0. The van der Waals surface area contributed by atoms with E-state index in [1.54, 1.807) is 17.5 Å². The van der Waals surface area contributed by atoms with Gasteiger partial charge in [-0.3, -0.25) is 10.1 Å². The molecule has 0 bridgehead atoms. The summed E-state index contributed by atoms with van der Waals surface area (Å²) in [6.07, 6.45) is 1.80. The number of nitrogens with zero attached hydrogens (tertiary/aromatic N) is 1. The van der Waals surface area contributed by atoms with E-state index in [1.165, 1.54) is 0 Å². The predicted molar refractivity (Wildman–Crippen MR) is 75.2 cm³/mol. The molecular formula is C14H16N2O2S. The van der Waals surface area contributed by atoms with Crippen molar-refractivity contribution in [1.82, 2.24) is 10.3 Å². The summed E-state index contributed by atoms with van der Waals surface area (Å²) in [4.78, 5) is 16.8. The zero-order chi connectivity index (χ0) is 13.8. The van der Waals surface area contributed by atoms with E-state index >= 15 is 0 Å². The Balaban J connectivity index is 2.16. The Morgan fingerprint density at radius 1 is 1.37 bits per heavy atom. The number of aryl methyl sites for hydroxylation is 1. The van der Waals surface area contributed by atoms with Crippen LogP contribution in [0.4, 0.5) is 0 Å². The topological polar surface area (TPSA) is 62.2 Å². The summed E-state index contributed by atoms with van der Waals surface area (Å²) >= 11 is 1.58. The number of benzene rings is 1. The molecule has 100 valence electrons. The van der Waals surface area contributed by atoms with Crippen molar-refractivity contribution in [3.63, 3.8) is 0 Å². The van der Waals surface area contributed by atoms with E-state index in [2.05, 4.69) is 10.3 Å². The molecule has 0 fully saturated rings. The van der Waals surface area contributed by atoms with Crippen LogP contribution < -0.4 is 5.32 Å². The van der Waals surface area contributed by atoms with Crippen molar-refractivity contribution in [1.29, 1.82) is 0 Å². The highest BCUT2D eigenvalue weighted by atomic mass is 32.1. The lowest BCUT2D eigenvalue weighted by Gasteiger charge is -2.19. The molecule has 0 saturated carbocycles. The number of carbonyl (C=O) groups is 1. The van der Waals surface area contributed by atoms with Gasteiger partial charge in [0.25, 0.3) is 0 Å². The van der Waals surface area contributed by atoms with Crippen molar-refractivity contribution in [2.24, 2.45) is 0 Å². The SMILES string of the molecule is Cc1cnc(C(C)NC(C(=O)O)c2ccccc2)s1. The minimum Gasteiger partial charge on any atom is -0.480 e. The van der Waals surface area contributed by atoms with Crippen LogP contribution in [0.2, 0.25) is 0 Å². The maximum atomic E-state index is 11.4. The first-order chi connectivity index (χ1) is 9.08. The highest BCUT2D eigenvalue weighted by Crippen LogP contribution is 2.23. The number of thiazole rings is 1. The van der Waals surface area contributed by atoms with Gasteiger partial charge in [-0.1, -0.05) is 30.3 Å². The van der Waals surface area contributed by atoms with E-state index < -0.39 is 12.0 Å². The van der Waals surface area contributed by atoms with Gasteiger partial charge in [-0.2, -0.15) is 0 Å². The van der Waals surface area contributed by atoms with Crippen molar-refractivity contribution >= 4 is 17.3 Å². The molecule has 1 aromatic carbocycles. The summed E-state index contributed by atoms with van der Waals surface area (Å²) in [5, 5.41) is 13.4. The van der Waals surface area contributed by atoms with Gasteiger partial charge in [-0.25, -0.2) is 4.98 Å². The summed E-state index contributed by atoms with van der Waals surface area (Å²) in [6.45, 7) is 3.91. The van der Waals surface area contributed by atoms with Crippen molar-refractivity contribution < 1.29 is 9.90 Å². The average molecular weight is 276 g/mol. The fraction of sp³-hybridized carbons (Fsp3) is 0.286. The van der Waals surface area contributed by atoms with Crippen molar-refractivity contribution in [3.05, 3.63) is 52.0 Å². The second-order valence-electron chi connectivity index (χ2n) is 4.38. The van der Waals surface area contributed by atoms with Crippen LogP contribution in [0.1, 0.15) is 34.5 Å². The zero-order valence-corrected chi connectivity index (χ0v) is 11.6. The average Bonchev–Trinajstić information content (AvgIpc) is 2.83. The van der Waals surface area contributed by atoms with Crippen LogP contribution in [0.15, 0.2) is 36.5 Å². The minimum atomic E-state index is -0.883. The molecule has 0 aliphatic heterocycles. The van der Waals surface area contributed by atoms with Crippen LogP contribution in [0.25, 0.3) is 0 Å². The van der Waals surface area contributed by atoms with E-state index in [4.69, 9.17) is 0 Å². The van der Waals surface area contributed by atoms with E-state index in [1.807, 2.05) is 44.2 Å². The molecule has 0 radical (unpaired) electrons. The minimum absolute atomic E-state index is 0.0972. The smallest absolute Gasteiger partial charge is 0.325 e. The number of aliphatic carboxylic acids is 1. The van der Waals surface area contributed by atoms with Crippen LogP contribution in [0.5, 0.6) is 0 Å². The molecular weight excluding hydrogens is 260 g/mol. The van der Waals surface area contributed by atoms with Gasteiger partial charge in [-0.05, 0) is 19.4 Å². The number of hydrogen-bond donors (Lipinski definition) is 2. The molecule has 2 atom stereocenters. The van der Waals surface area contributed by atoms with E-state index in [9.17, 15) is 9.90 Å². The Bertz CT molecular complexity index is 554. The number of rotatable bonds is 5. The number of aromatic nitrogens is 1. The lowest BCUT2D eigenvalue weighted by molar-refractivity contribution is -0.139. The van der Waals surface area contributed by atoms with Crippen LogP contribution in [-0.2, 0) is 4.79 Å². The van der Waals surface area contributed by atoms with Gasteiger partial charge < -0.3 is 5.11 Å². The lowest BCUT2D eigenvalue weighted by Crippen LogP contribution is -2.30. The molecule has 2 unspecified atom stereocenters. The molecule has 1 heterocycles. The monoisotopic (exact) mass is 276 g/mol. The Labute approximate surface area is 116 Å². The third-order valence-corrected chi connectivity index (χ3v) is 3.90. The third kappa shape index (κ3) is 3.39. The first kappa shape index (κ1) is 13.7. The molecule has 0 amide bonds. The molecule has 4 nitrogen and oxygen atoms in total. The van der Waals surface area contributed by atoms with Crippen LogP contribution >= 0.6 is 11.3 Å². The normalized spacial score (nSPS) is 14.0. The predicted octanol–water partition coefficient (Wildman–Crippen LogP) is 2.93. The van der Waals surface area contributed by atoms with Crippen LogP contribution in [-0.4, -0.2) is 16.1 Å². The molecule has 0 aliphatic rings. The van der Waals surface area contributed by atoms with Crippen LogP contribution in [0, 0.1) is 6.92 Å². The molecule has 0 aliphatic carbocycles. The van der Waals surface area contributed by atoms with Gasteiger partial charge in [0, 0.05) is 11.1 Å². The third-order valence-electron chi connectivity index (χ3n) is 2.81. The highest BCUT2D eigenvalue weighted by Gasteiger charge is 2.23. The second-order valence-corrected chi connectivity index (χ2v) is 5.65. The molecule has 19 heavy (non-hydrogen) atoms.